The number of carbonyl (C=O) groups is 2. The fourth-order valence-electron chi connectivity index (χ4n) is 2.33. The van der Waals surface area contributed by atoms with Crippen LogP contribution in [0, 0.1) is 0 Å². The van der Waals surface area contributed by atoms with Gasteiger partial charge >= 0.3 is 12.1 Å². The average Bonchev–Trinajstić information content (AvgIpc) is 2.92. The van der Waals surface area contributed by atoms with Crippen molar-refractivity contribution in [3.8, 4) is 0 Å². The molecule has 1 unspecified atom stereocenters. The van der Waals surface area contributed by atoms with Crippen molar-refractivity contribution < 1.29 is 19.4 Å². The number of H-pyrrole nitrogens is 1. The van der Waals surface area contributed by atoms with E-state index in [1.54, 1.807) is 0 Å². The molecule has 0 saturated carbocycles. The smallest absolute Gasteiger partial charge is 0.407 e. The molecule has 2 heterocycles. The minimum atomic E-state index is -1.06. The van der Waals surface area contributed by atoms with Crippen LogP contribution < -0.4 is 0 Å². The standard InChI is InChI=1S/C10H14N4O4/c1-18-8(15)10(7-5-11-13-12-7)3-2-4-14(6-10)9(16)17/h5H,2-4,6H2,1H3,(H,16,17)(H,11,12,13). The Morgan fingerprint density at radius 2 is 2.39 bits per heavy atom. The molecule has 1 aliphatic heterocycles. The molecule has 1 aromatic heterocycles. The predicted octanol–water partition coefficient (Wildman–Crippen LogP) is -0.0107. The number of amides is 1. The fourth-order valence-corrected chi connectivity index (χ4v) is 2.33. The number of rotatable bonds is 2. The third-order valence-electron chi connectivity index (χ3n) is 3.24. The Labute approximate surface area is 103 Å². The monoisotopic (exact) mass is 254 g/mol. The molecular weight excluding hydrogens is 240 g/mol. The molecule has 2 rings (SSSR count). The molecule has 1 atom stereocenters. The largest absolute Gasteiger partial charge is 0.468 e. The first-order valence-corrected chi connectivity index (χ1v) is 5.53. The summed E-state index contributed by atoms with van der Waals surface area (Å²) in [7, 11) is 1.28. The number of hydrogen-bond acceptors (Lipinski definition) is 5. The van der Waals surface area contributed by atoms with Crippen molar-refractivity contribution in [3.63, 3.8) is 0 Å². The molecule has 1 aliphatic rings. The summed E-state index contributed by atoms with van der Waals surface area (Å²) in [5, 5.41) is 19.1. The fraction of sp³-hybridized carbons (Fsp3) is 0.600. The van der Waals surface area contributed by atoms with Gasteiger partial charge in [0, 0.05) is 13.1 Å². The maximum absolute atomic E-state index is 12.0. The van der Waals surface area contributed by atoms with Gasteiger partial charge in [-0.1, -0.05) is 0 Å². The molecule has 0 aliphatic carbocycles. The number of piperidine rings is 1. The molecular formula is C10H14N4O4. The lowest BCUT2D eigenvalue weighted by Gasteiger charge is -2.37. The first-order chi connectivity index (χ1) is 8.60. The molecule has 1 fully saturated rings. The molecule has 2 N–H and O–H groups in total. The first-order valence-electron chi connectivity index (χ1n) is 5.53. The van der Waals surface area contributed by atoms with Gasteiger partial charge in [-0.05, 0) is 12.8 Å². The molecule has 1 amide bonds. The highest BCUT2D eigenvalue weighted by Crippen LogP contribution is 2.33. The van der Waals surface area contributed by atoms with Crippen LogP contribution in [-0.2, 0) is 14.9 Å². The molecule has 0 bridgehead atoms. The number of methoxy groups -OCH3 is 1. The lowest BCUT2D eigenvalue weighted by atomic mass is 9.77. The van der Waals surface area contributed by atoms with Crippen LogP contribution in [0.2, 0.25) is 0 Å². The highest BCUT2D eigenvalue weighted by molar-refractivity contribution is 5.83. The van der Waals surface area contributed by atoms with Crippen LogP contribution >= 0.6 is 0 Å². The zero-order valence-corrected chi connectivity index (χ0v) is 9.92. The Bertz CT molecular complexity index is 447. The summed E-state index contributed by atoms with van der Waals surface area (Å²) in [6, 6.07) is 0. The number of nitrogens with one attached hydrogen (secondary N) is 1. The van der Waals surface area contributed by atoms with Gasteiger partial charge in [0.2, 0.25) is 0 Å². The quantitative estimate of drug-likeness (QED) is 0.718. The van der Waals surface area contributed by atoms with Crippen molar-refractivity contribution in [3.05, 3.63) is 11.9 Å². The summed E-state index contributed by atoms with van der Waals surface area (Å²) in [5.74, 6) is -0.484. The van der Waals surface area contributed by atoms with Gasteiger partial charge in [-0.25, -0.2) is 4.79 Å². The van der Waals surface area contributed by atoms with Crippen LogP contribution in [0.5, 0.6) is 0 Å². The number of hydrogen-bond donors (Lipinski definition) is 2. The molecule has 0 spiro atoms. The van der Waals surface area contributed by atoms with E-state index in [1.165, 1.54) is 18.2 Å². The Kier molecular flexibility index (Phi) is 3.17. The second kappa shape index (κ2) is 4.63. The second-order valence-corrected chi connectivity index (χ2v) is 4.24. The van der Waals surface area contributed by atoms with E-state index >= 15 is 0 Å². The van der Waals surface area contributed by atoms with Crippen molar-refractivity contribution in [1.29, 1.82) is 0 Å². The van der Waals surface area contributed by atoms with Gasteiger partial charge in [0.15, 0.2) is 0 Å². The van der Waals surface area contributed by atoms with Crippen LogP contribution in [0.1, 0.15) is 18.5 Å². The lowest BCUT2D eigenvalue weighted by molar-refractivity contribution is -0.149. The van der Waals surface area contributed by atoms with Crippen molar-refractivity contribution in [2.45, 2.75) is 18.3 Å². The van der Waals surface area contributed by atoms with Crippen LogP contribution in [0.15, 0.2) is 6.20 Å². The number of aromatic nitrogens is 3. The van der Waals surface area contributed by atoms with E-state index in [0.717, 1.165) is 0 Å². The molecule has 8 heteroatoms. The van der Waals surface area contributed by atoms with Gasteiger partial charge in [0.05, 0.1) is 13.3 Å². The highest BCUT2D eigenvalue weighted by Gasteiger charge is 2.48. The molecule has 0 radical (unpaired) electrons. The number of esters is 1. The molecule has 1 saturated heterocycles. The summed E-state index contributed by atoms with van der Waals surface area (Å²) in [6.07, 6.45) is 1.46. The van der Waals surface area contributed by atoms with E-state index in [4.69, 9.17) is 9.84 Å². The van der Waals surface area contributed by atoms with Crippen molar-refractivity contribution in [2.75, 3.05) is 20.2 Å². The summed E-state index contributed by atoms with van der Waals surface area (Å²) in [4.78, 5) is 24.3. The Morgan fingerprint density at radius 1 is 1.61 bits per heavy atom. The second-order valence-electron chi connectivity index (χ2n) is 4.24. The third kappa shape index (κ3) is 1.89. The van der Waals surface area contributed by atoms with Crippen LogP contribution in [-0.4, -0.2) is 57.7 Å². The van der Waals surface area contributed by atoms with Gasteiger partial charge in [0.25, 0.3) is 0 Å². The number of likely N-dealkylation sites (tertiary alicyclic amines) is 1. The summed E-state index contributed by atoms with van der Waals surface area (Å²) in [6.45, 7) is 0.452. The Balaban J connectivity index is 2.37. The first kappa shape index (κ1) is 12.3. The number of aromatic amines is 1. The van der Waals surface area contributed by atoms with Crippen molar-refractivity contribution in [2.24, 2.45) is 0 Å². The van der Waals surface area contributed by atoms with E-state index in [-0.39, 0.29) is 6.54 Å². The molecule has 8 nitrogen and oxygen atoms in total. The van der Waals surface area contributed by atoms with Gasteiger partial charge in [0.1, 0.15) is 11.1 Å². The third-order valence-corrected chi connectivity index (χ3v) is 3.24. The number of ether oxygens (including phenoxy) is 1. The van der Waals surface area contributed by atoms with Crippen LogP contribution in [0.3, 0.4) is 0 Å². The van der Waals surface area contributed by atoms with E-state index in [2.05, 4.69) is 15.4 Å². The zero-order chi connectivity index (χ0) is 13.2. The summed E-state index contributed by atoms with van der Waals surface area (Å²) < 4.78 is 4.80. The summed E-state index contributed by atoms with van der Waals surface area (Å²) >= 11 is 0. The Hall–Kier alpha value is -2.12. The summed E-state index contributed by atoms with van der Waals surface area (Å²) in [5.41, 5.74) is -0.640. The maximum Gasteiger partial charge on any atom is 0.407 e. The van der Waals surface area contributed by atoms with Gasteiger partial charge < -0.3 is 14.7 Å². The van der Waals surface area contributed by atoms with E-state index in [9.17, 15) is 9.59 Å². The normalized spacial score (nSPS) is 23.7. The maximum atomic E-state index is 12.0. The van der Waals surface area contributed by atoms with Gasteiger partial charge in [-0.3, -0.25) is 4.79 Å². The highest BCUT2D eigenvalue weighted by atomic mass is 16.5. The zero-order valence-electron chi connectivity index (χ0n) is 9.92. The molecule has 0 aromatic carbocycles. The van der Waals surface area contributed by atoms with E-state index in [1.807, 2.05) is 0 Å². The lowest BCUT2D eigenvalue weighted by Crippen LogP contribution is -2.53. The molecule has 98 valence electrons. The Morgan fingerprint density at radius 3 is 2.94 bits per heavy atom. The van der Waals surface area contributed by atoms with Crippen molar-refractivity contribution >= 4 is 12.1 Å². The van der Waals surface area contributed by atoms with E-state index in [0.29, 0.717) is 25.1 Å². The minimum absolute atomic E-state index is 0.0432. The minimum Gasteiger partial charge on any atom is -0.468 e. The SMILES string of the molecule is COC(=O)C1(c2cn[nH]n2)CCCN(C(=O)O)C1. The average molecular weight is 254 g/mol. The van der Waals surface area contributed by atoms with Gasteiger partial charge in [-0.2, -0.15) is 15.4 Å². The predicted molar refractivity (Wildman–Crippen MR) is 58.9 cm³/mol. The van der Waals surface area contributed by atoms with Crippen molar-refractivity contribution in [1.82, 2.24) is 20.3 Å². The number of carbonyl (C=O) groups excluding carboxylic acids is 1. The van der Waals surface area contributed by atoms with Crippen LogP contribution in [0.25, 0.3) is 0 Å². The number of carboxylic acid groups (broad SMARTS) is 1. The molecule has 1 aromatic rings. The topological polar surface area (TPSA) is 108 Å². The molecule has 18 heavy (non-hydrogen) atoms. The van der Waals surface area contributed by atoms with Crippen LogP contribution in [0.4, 0.5) is 4.79 Å². The number of nitrogens with zero attached hydrogens (tertiary/aromatic N) is 3. The van der Waals surface area contributed by atoms with E-state index < -0.39 is 17.5 Å². The van der Waals surface area contributed by atoms with Gasteiger partial charge in [-0.15, -0.1) is 0 Å².